The van der Waals surface area contributed by atoms with Gasteiger partial charge in [0.05, 0.1) is 19.8 Å². The van der Waals surface area contributed by atoms with E-state index in [0.29, 0.717) is 19.8 Å². The Kier molecular flexibility index (Phi) is 5.10. The van der Waals surface area contributed by atoms with Crippen LogP contribution >= 0.6 is 0 Å². The predicted molar refractivity (Wildman–Crippen MR) is 69.6 cm³/mol. The summed E-state index contributed by atoms with van der Waals surface area (Å²) in [6.07, 6.45) is 1.91. The molecule has 1 N–H and O–H groups in total. The summed E-state index contributed by atoms with van der Waals surface area (Å²) >= 11 is 0. The fraction of sp³-hybridized carbons (Fsp3) is 0.833. The number of rotatable bonds is 3. The summed E-state index contributed by atoms with van der Waals surface area (Å²) in [4.78, 5) is 16.1. The number of nitrogens with zero attached hydrogens (tertiary/aromatic N) is 3. The quantitative estimate of drug-likeness (QED) is 0.691. The molecule has 0 bridgehead atoms. The van der Waals surface area contributed by atoms with Gasteiger partial charge < -0.3 is 9.64 Å². The van der Waals surface area contributed by atoms with Crippen LogP contribution < -0.4 is 5.43 Å². The first-order valence-corrected chi connectivity index (χ1v) is 6.57. The fourth-order valence-corrected chi connectivity index (χ4v) is 2.13. The van der Waals surface area contributed by atoms with E-state index in [-0.39, 0.29) is 5.91 Å². The third kappa shape index (κ3) is 4.36. The number of morpholine rings is 1. The molecular weight excluding hydrogens is 232 g/mol. The molecule has 6 nitrogen and oxygen atoms in total. The molecule has 2 heterocycles. The van der Waals surface area contributed by atoms with Crippen LogP contribution in [0.5, 0.6) is 0 Å². The molecule has 18 heavy (non-hydrogen) atoms. The zero-order chi connectivity index (χ0) is 12.8. The van der Waals surface area contributed by atoms with Gasteiger partial charge in [0.1, 0.15) is 0 Å². The molecule has 2 rings (SSSR count). The van der Waals surface area contributed by atoms with Crippen molar-refractivity contribution in [2.75, 3.05) is 53.0 Å². The fourth-order valence-electron chi connectivity index (χ4n) is 2.13. The van der Waals surface area contributed by atoms with Crippen molar-refractivity contribution in [2.45, 2.75) is 12.8 Å². The molecule has 0 aliphatic carbocycles. The summed E-state index contributed by atoms with van der Waals surface area (Å²) in [6.45, 7) is 5.56. The summed E-state index contributed by atoms with van der Waals surface area (Å²) in [5, 5.41) is 4.22. The van der Waals surface area contributed by atoms with Gasteiger partial charge in [-0.3, -0.25) is 9.69 Å². The molecule has 0 atom stereocenters. The SMILES string of the molecule is CN1CCC(=NNC(=O)CN2CCOCC2)CC1. The minimum absolute atomic E-state index is 0.0247. The van der Waals surface area contributed by atoms with Crippen LogP contribution in [0.15, 0.2) is 5.10 Å². The molecule has 6 heteroatoms. The summed E-state index contributed by atoms with van der Waals surface area (Å²) in [5.74, 6) is -0.0247. The lowest BCUT2D eigenvalue weighted by Gasteiger charge is -2.25. The smallest absolute Gasteiger partial charge is 0.254 e. The monoisotopic (exact) mass is 254 g/mol. The minimum atomic E-state index is -0.0247. The van der Waals surface area contributed by atoms with Crippen molar-refractivity contribution < 1.29 is 9.53 Å². The molecule has 2 aliphatic rings. The molecule has 2 saturated heterocycles. The second kappa shape index (κ2) is 6.82. The van der Waals surface area contributed by atoms with E-state index in [1.54, 1.807) is 0 Å². The van der Waals surface area contributed by atoms with Crippen molar-refractivity contribution >= 4 is 11.6 Å². The van der Waals surface area contributed by atoms with Crippen LogP contribution in [0.1, 0.15) is 12.8 Å². The van der Waals surface area contributed by atoms with Crippen molar-refractivity contribution in [3.63, 3.8) is 0 Å². The second-order valence-corrected chi connectivity index (χ2v) is 4.90. The first kappa shape index (κ1) is 13.5. The van der Waals surface area contributed by atoms with Gasteiger partial charge in [0.25, 0.3) is 5.91 Å². The Bertz CT molecular complexity index is 303. The Hall–Kier alpha value is -0.980. The van der Waals surface area contributed by atoms with Crippen LogP contribution in [0.3, 0.4) is 0 Å². The molecule has 0 spiro atoms. The second-order valence-electron chi connectivity index (χ2n) is 4.90. The van der Waals surface area contributed by atoms with Gasteiger partial charge >= 0.3 is 0 Å². The Labute approximate surface area is 108 Å². The van der Waals surface area contributed by atoms with E-state index in [1.165, 1.54) is 0 Å². The van der Waals surface area contributed by atoms with Crippen molar-refractivity contribution in [3.8, 4) is 0 Å². The average Bonchev–Trinajstić information content (AvgIpc) is 2.39. The van der Waals surface area contributed by atoms with E-state index in [9.17, 15) is 4.79 Å². The highest BCUT2D eigenvalue weighted by Gasteiger charge is 2.15. The zero-order valence-corrected chi connectivity index (χ0v) is 11.0. The van der Waals surface area contributed by atoms with E-state index in [0.717, 1.165) is 44.7 Å². The number of amides is 1. The summed E-state index contributed by atoms with van der Waals surface area (Å²) in [5.41, 5.74) is 3.76. The molecule has 0 aromatic rings. The summed E-state index contributed by atoms with van der Waals surface area (Å²) < 4.78 is 5.24. The molecular formula is C12H22N4O2. The molecule has 1 amide bonds. The third-order valence-electron chi connectivity index (χ3n) is 3.37. The molecule has 0 radical (unpaired) electrons. The van der Waals surface area contributed by atoms with Crippen molar-refractivity contribution in [3.05, 3.63) is 0 Å². The Morgan fingerprint density at radius 1 is 1.28 bits per heavy atom. The third-order valence-corrected chi connectivity index (χ3v) is 3.37. The van der Waals surface area contributed by atoms with Crippen LogP contribution in [-0.4, -0.2) is 74.4 Å². The lowest BCUT2D eigenvalue weighted by molar-refractivity contribution is -0.123. The topological polar surface area (TPSA) is 57.2 Å². The number of hydrogen-bond donors (Lipinski definition) is 1. The molecule has 0 aromatic carbocycles. The molecule has 0 saturated carbocycles. The molecule has 0 aromatic heterocycles. The van der Waals surface area contributed by atoms with Gasteiger partial charge in [0.15, 0.2) is 0 Å². The highest BCUT2D eigenvalue weighted by Crippen LogP contribution is 2.04. The maximum atomic E-state index is 11.7. The molecule has 0 unspecified atom stereocenters. The van der Waals surface area contributed by atoms with E-state index in [2.05, 4.69) is 27.4 Å². The first-order valence-electron chi connectivity index (χ1n) is 6.57. The number of piperidine rings is 1. The number of hydrogen-bond acceptors (Lipinski definition) is 5. The Morgan fingerprint density at radius 2 is 1.94 bits per heavy atom. The van der Waals surface area contributed by atoms with Crippen LogP contribution in [0.25, 0.3) is 0 Å². The largest absolute Gasteiger partial charge is 0.379 e. The van der Waals surface area contributed by atoms with Gasteiger partial charge in [0.2, 0.25) is 0 Å². The van der Waals surface area contributed by atoms with Gasteiger partial charge in [-0.1, -0.05) is 0 Å². The van der Waals surface area contributed by atoms with Gasteiger partial charge in [-0.25, -0.2) is 5.43 Å². The van der Waals surface area contributed by atoms with Crippen LogP contribution in [0.2, 0.25) is 0 Å². The first-order chi connectivity index (χ1) is 8.74. The maximum absolute atomic E-state index is 11.7. The van der Waals surface area contributed by atoms with Crippen LogP contribution in [-0.2, 0) is 9.53 Å². The minimum Gasteiger partial charge on any atom is -0.379 e. The standard InChI is InChI=1S/C12H22N4O2/c1-15-4-2-11(3-5-15)13-14-12(17)10-16-6-8-18-9-7-16/h2-10H2,1H3,(H,14,17). The predicted octanol–water partition coefficient (Wildman–Crippen LogP) is -0.484. The number of carbonyl (C=O) groups is 1. The number of ether oxygens (including phenoxy) is 1. The number of nitrogens with one attached hydrogen (secondary N) is 1. The summed E-state index contributed by atoms with van der Waals surface area (Å²) in [6, 6.07) is 0. The van der Waals surface area contributed by atoms with Crippen molar-refractivity contribution in [2.24, 2.45) is 5.10 Å². The normalized spacial score (nSPS) is 22.8. The number of hydrazone groups is 1. The zero-order valence-electron chi connectivity index (χ0n) is 11.0. The summed E-state index contributed by atoms with van der Waals surface area (Å²) in [7, 11) is 2.10. The molecule has 102 valence electrons. The van der Waals surface area contributed by atoms with Gasteiger partial charge in [-0.2, -0.15) is 5.10 Å². The number of carbonyl (C=O) groups excluding carboxylic acids is 1. The van der Waals surface area contributed by atoms with Gasteiger partial charge in [-0.05, 0) is 7.05 Å². The van der Waals surface area contributed by atoms with Crippen molar-refractivity contribution in [1.82, 2.24) is 15.2 Å². The van der Waals surface area contributed by atoms with E-state index in [1.807, 2.05) is 0 Å². The van der Waals surface area contributed by atoms with E-state index >= 15 is 0 Å². The lowest BCUT2D eigenvalue weighted by atomic mass is 10.1. The van der Waals surface area contributed by atoms with E-state index < -0.39 is 0 Å². The highest BCUT2D eigenvalue weighted by atomic mass is 16.5. The average molecular weight is 254 g/mol. The van der Waals surface area contributed by atoms with Gasteiger partial charge in [0, 0.05) is 44.7 Å². The maximum Gasteiger partial charge on any atom is 0.254 e. The lowest BCUT2D eigenvalue weighted by Crippen LogP contribution is -2.42. The Morgan fingerprint density at radius 3 is 2.61 bits per heavy atom. The molecule has 2 aliphatic heterocycles. The van der Waals surface area contributed by atoms with E-state index in [4.69, 9.17) is 4.74 Å². The number of likely N-dealkylation sites (tertiary alicyclic amines) is 1. The van der Waals surface area contributed by atoms with Crippen LogP contribution in [0.4, 0.5) is 0 Å². The molecule has 2 fully saturated rings. The highest BCUT2D eigenvalue weighted by molar-refractivity contribution is 5.87. The van der Waals surface area contributed by atoms with Crippen LogP contribution in [0, 0.1) is 0 Å². The van der Waals surface area contributed by atoms with Gasteiger partial charge in [-0.15, -0.1) is 0 Å². The van der Waals surface area contributed by atoms with Crippen molar-refractivity contribution in [1.29, 1.82) is 0 Å². The Balaban J connectivity index is 1.69.